The van der Waals surface area contributed by atoms with Crippen LogP contribution >= 0.6 is 0 Å². The van der Waals surface area contributed by atoms with Crippen LogP contribution in [0, 0.1) is 0 Å². The van der Waals surface area contributed by atoms with Gasteiger partial charge in [0.15, 0.2) is 0 Å². The van der Waals surface area contributed by atoms with Crippen LogP contribution in [0.15, 0.2) is 53.6 Å². The van der Waals surface area contributed by atoms with E-state index in [0.29, 0.717) is 22.5 Å². The minimum atomic E-state index is -4.50. The molecule has 0 bridgehead atoms. The number of benzene rings is 2. The maximum Gasteiger partial charge on any atom is 0.416 e. The third-order valence-corrected chi connectivity index (χ3v) is 6.40. The van der Waals surface area contributed by atoms with Crippen molar-refractivity contribution in [3.63, 3.8) is 0 Å². The van der Waals surface area contributed by atoms with Crippen molar-refractivity contribution in [2.45, 2.75) is 17.5 Å². The monoisotopic (exact) mass is 450 g/mol. The van der Waals surface area contributed by atoms with Crippen molar-refractivity contribution >= 4 is 27.3 Å². The Kier molecular flexibility index (Phi) is 4.90. The Hall–Kier alpha value is -3.18. The lowest BCUT2D eigenvalue weighted by Crippen LogP contribution is -2.27. The number of anilines is 2. The molecule has 162 valence electrons. The van der Waals surface area contributed by atoms with Crippen LogP contribution in [0.5, 0.6) is 0 Å². The summed E-state index contributed by atoms with van der Waals surface area (Å²) < 4.78 is 67.3. The van der Waals surface area contributed by atoms with Gasteiger partial charge < -0.3 is 0 Å². The molecular formula is C20H17F3N4O3S. The van der Waals surface area contributed by atoms with Crippen molar-refractivity contribution < 1.29 is 26.4 Å². The molecule has 0 spiro atoms. The molecule has 2 aromatic carbocycles. The van der Waals surface area contributed by atoms with Gasteiger partial charge in [0, 0.05) is 30.1 Å². The van der Waals surface area contributed by atoms with E-state index >= 15 is 0 Å². The predicted molar refractivity (Wildman–Crippen MR) is 107 cm³/mol. The van der Waals surface area contributed by atoms with E-state index in [1.807, 2.05) is 0 Å². The molecule has 0 saturated carbocycles. The Balaban J connectivity index is 1.92. The van der Waals surface area contributed by atoms with Gasteiger partial charge in [-0.3, -0.25) is 14.4 Å². The Morgan fingerprint density at radius 3 is 2.39 bits per heavy atom. The number of alkyl halides is 3. The third kappa shape index (κ3) is 3.70. The summed E-state index contributed by atoms with van der Waals surface area (Å²) in [7, 11) is -0.806. The first-order valence-corrected chi connectivity index (χ1v) is 10.6. The van der Waals surface area contributed by atoms with Crippen LogP contribution < -0.4 is 9.62 Å². The largest absolute Gasteiger partial charge is 0.416 e. The van der Waals surface area contributed by atoms with Crippen molar-refractivity contribution in [1.29, 1.82) is 0 Å². The average Bonchev–Trinajstić information content (AvgIpc) is 3.02. The maximum absolute atomic E-state index is 13.1. The first kappa shape index (κ1) is 21.1. The van der Waals surface area contributed by atoms with Gasteiger partial charge in [-0.15, -0.1) is 0 Å². The van der Waals surface area contributed by atoms with E-state index in [9.17, 15) is 26.4 Å². The van der Waals surface area contributed by atoms with E-state index in [1.54, 1.807) is 13.2 Å². The maximum atomic E-state index is 13.1. The highest BCUT2D eigenvalue weighted by Gasteiger charge is 2.33. The number of carbonyl (C=O) groups excluding carboxylic acids is 1. The third-order valence-electron chi connectivity index (χ3n) is 4.99. The SMILES string of the molecule is CNS(=O)(=O)c1ccc2c(c1)-c1nn(C)cc1CC(=O)N2c1ccc(C(F)(F)F)cc1. The highest BCUT2D eigenvalue weighted by Crippen LogP contribution is 2.41. The van der Waals surface area contributed by atoms with Crippen LogP contribution in [0.4, 0.5) is 24.5 Å². The summed E-state index contributed by atoms with van der Waals surface area (Å²) in [6, 6.07) is 8.43. The molecular weight excluding hydrogens is 433 g/mol. The Bertz CT molecular complexity index is 1280. The van der Waals surface area contributed by atoms with Gasteiger partial charge in [-0.25, -0.2) is 13.1 Å². The molecule has 0 unspecified atom stereocenters. The fourth-order valence-corrected chi connectivity index (χ4v) is 4.29. The van der Waals surface area contributed by atoms with Gasteiger partial charge in [0.2, 0.25) is 15.9 Å². The van der Waals surface area contributed by atoms with Crippen LogP contribution in [0.25, 0.3) is 11.3 Å². The Morgan fingerprint density at radius 2 is 1.77 bits per heavy atom. The van der Waals surface area contributed by atoms with Gasteiger partial charge in [0.25, 0.3) is 0 Å². The fraction of sp³-hybridized carbons (Fsp3) is 0.200. The number of carbonyl (C=O) groups is 1. The summed E-state index contributed by atoms with van der Waals surface area (Å²) >= 11 is 0. The number of aryl methyl sites for hydroxylation is 1. The zero-order valence-electron chi connectivity index (χ0n) is 16.4. The number of nitrogens with zero attached hydrogens (tertiary/aromatic N) is 3. The molecule has 0 saturated heterocycles. The molecule has 31 heavy (non-hydrogen) atoms. The van der Waals surface area contributed by atoms with Crippen LogP contribution in [0.3, 0.4) is 0 Å². The van der Waals surface area contributed by atoms with Crippen molar-refractivity contribution in [3.8, 4) is 11.3 Å². The number of nitrogens with one attached hydrogen (secondary N) is 1. The molecule has 1 aliphatic rings. The van der Waals surface area contributed by atoms with Crippen LogP contribution in [-0.4, -0.2) is 31.2 Å². The van der Waals surface area contributed by atoms with Crippen molar-refractivity contribution in [2.24, 2.45) is 7.05 Å². The molecule has 0 radical (unpaired) electrons. The van der Waals surface area contributed by atoms with E-state index in [4.69, 9.17) is 0 Å². The number of fused-ring (bicyclic) bond motifs is 3. The zero-order chi connectivity index (χ0) is 22.6. The van der Waals surface area contributed by atoms with Gasteiger partial charge in [0.05, 0.1) is 28.3 Å². The van der Waals surface area contributed by atoms with E-state index in [0.717, 1.165) is 12.1 Å². The van der Waals surface area contributed by atoms with Gasteiger partial charge in [-0.05, 0) is 49.5 Å². The molecule has 1 N–H and O–H groups in total. The minimum absolute atomic E-state index is 0.0212. The molecule has 3 aromatic rings. The molecule has 1 aromatic heterocycles. The molecule has 11 heteroatoms. The van der Waals surface area contributed by atoms with Crippen molar-refractivity contribution in [1.82, 2.24) is 14.5 Å². The lowest BCUT2D eigenvalue weighted by atomic mass is 10.1. The summed E-state index contributed by atoms with van der Waals surface area (Å²) in [5.41, 5.74) is 1.14. The molecule has 1 amide bonds. The summed E-state index contributed by atoms with van der Waals surface area (Å²) in [6.45, 7) is 0. The molecule has 1 aliphatic heterocycles. The number of hydrogen-bond donors (Lipinski definition) is 1. The second-order valence-corrected chi connectivity index (χ2v) is 8.90. The summed E-state index contributed by atoms with van der Waals surface area (Å²) in [6.07, 6.45) is -2.89. The van der Waals surface area contributed by atoms with E-state index in [-0.39, 0.29) is 22.9 Å². The quantitative estimate of drug-likeness (QED) is 0.664. The molecule has 0 atom stereocenters. The number of halogens is 3. The van der Waals surface area contributed by atoms with Crippen molar-refractivity contribution in [3.05, 3.63) is 59.8 Å². The van der Waals surface area contributed by atoms with E-state index < -0.39 is 21.8 Å². The number of rotatable bonds is 3. The van der Waals surface area contributed by atoms with Gasteiger partial charge >= 0.3 is 6.18 Å². The van der Waals surface area contributed by atoms with E-state index in [1.165, 1.54) is 47.0 Å². The van der Waals surface area contributed by atoms with Crippen LogP contribution in [0.2, 0.25) is 0 Å². The number of aromatic nitrogens is 2. The second kappa shape index (κ2) is 7.20. The fourth-order valence-electron chi connectivity index (χ4n) is 3.54. The predicted octanol–water partition coefficient (Wildman–Crippen LogP) is 3.23. The number of sulfonamides is 1. The minimum Gasteiger partial charge on any atom is -0.280 e. The van der Waals surface area contributed by atoms with Crippen LogP contribution in [-0.2, 0) is 34.5 Å². The first-order valence-electron chi connectivity index (χ1n) is 9.12. The molecule has 2 heterocycles. The zero-order valence-corrected chi connectivity index (χ0v) is 17.3. The highest BCUT2D eigenvalue weighted by molar-refractivity contribution is 7.89. The molecule has 4 rings (SSSR count). The lowest BCUT2D eigenvalue weighted by Gasteiger charge is -2.24. The van der Waals surface area contributed by atoms with Gasteiger partial charge in [0.1, 0.15) is 0 Å². The smallest absolute Gasteiger partial charge is 0.280 e. The topological polar surface area (TPSA) is 84.3 Å². The Morgan fingerprint density at radius 1 is 1.10 bits per heavy atom. The lowest BCUT2D eigenvalue weighted by molar-refractivity contribution is -0.137. The first-order chi connectivity index (χ1) is 14.5. The average molecular weight is 450 g/mol. The molecule has 7 nitrogen and oxygen atoms in total. The van der Waals surface area contributed by atoms with E-state index in [2.05, 4.69) is 9.82 Å². The summed E-state index contributed by atoms with van der Waals surface area (Å²) in [4.78, 5) is 14.4. The molecule has 0 aliphatic carbocycles. The Labute approximate surface area is 176 Å². The normalized spacial score (nSPS) is 14.2. The number of hydrogen-bond acceptors (Lipinski definition) is 4. The summed E-state index contributed by atoms with van der Waals surface area (Å²) in [5, 5.41) is 4.38. The molecule has 0 fully saturated rings. The number of amides is 1. The summed E-state index contributed by atoms with van der Waals surface area (Å²) in [5.74, 6) is -0.378. The van der Waals surface area contributed by atoms with Gasteiger partial charge in [-0.2, -0.15) is 18.3 Å². The second-order valence-electron chi connectivity index (χ2n) is 7.01. The highest BCUT2D eigenvalue weighted by atomic mass is 32.2. The standard InChI is InChI=1S/C20H17F3N4O3S/c1-24-31(29,30)15-7-8-17-16(10-15)19-12(11-26(2)25-19)9-18(28)27(17)14-5-3-13(4-6-14)20(21,22)23/h3-8,10-11,24H,9H2,1-2H3. The van der Waals surface area contributed by atoms with Crippen LogP contribution in [0.1, 0.15) is 11.1 Å². The van der Waals surface area contributed by atoms with Gasteiger partial charge in [-0.1, -0.05) is 0 Å². The van der Waals surface area contributed by atoms with Crippen molar-refractivity contribution in [2.75, 3.05) is 11.9 Å².